The van der Waals surface area contributed by atoms with E-state index in [-0.39, 0.29) is 18.9 Å². The maximum atomic E-state index is 12.3. The van der Waals surface area contributed by atoms with E-state index in [0.29, 0.717) is 27.8 Å². The molecule has 2 aromatic heterocycles. The van der Waals surface area contributed by atoms with Crippen molar-refractivity contribution in [1.29, 1.82) is 0 Å². The number of benzene rings is 1. The Morgan fingerprint density at radius 3 is 2.85 bits per heavy atom. The van der Waals surface area contributed by atoms with Gasteiger partial charge in [-0.2, -0.15) is 0 Å². The van der Waals surface area contributed by atoms with Crippen LogP contribution in [0.4, 0.5) is 5.69 Å². The first-order valence-corrected chi connectivity index (χ1v) is 10.4. The lowest BCUT2D eigenvalue weighted by Crippen LogP contribution is -2.28. The van der Waals surface area contributed by atoms with Gasteiger partial charge in [0, 0.05) is 31.3 Å². The number of thiophene rings is 1. The molecule has 0 saturated carbocycles. The van der Waals surface area contributed by atoms with Crippen LogP contribution in [0.2, 0.25) is 0 Å². The molecule has 0 saturated heterocycles. The summed E-state index contributed by atoms with van der Waals surface area (Å²) in [5.41, 5.74) is 1.31. The Balaban J connectivity index is 1.51. The Bertz CT molecular complexity index is 986. The van der Waals surface area contributed by atoms with Gasteiger partial charge in [0.1, 0.15) is 4.21 Å². The van der Waals surface area contributed by atoms with E-state index in [1.165, 1.54) is 29.1 Å². The van der Waals surface area contributed by atoms with Crippen molar-refractivity contribution in [3.8, 4) is 11.5 Å². The summed E-state index contributed by atoms with van der Waals surface area (Å²) in [6, 6.07) is 10.3. The van der Waals surface area contributed by atoms with Crippen LogP contribution in [0.25, 0.3) is 11.5 Å². The fourth-order valence-electron chi connectivity index (χ4n) is 2.40. The maximum Gasteiger partial charge on any atom is 0.252 e. The number of hydrogen-bond donors (Lipinski definition) is 1. The van der Waals surface area contributed by atoms with E-state index in [2.05, 4.69) is 15.5 Å². The van der Waals surface area contributed by atoms with Crippen LogP contribution in [0.5, 0.6) is 0 Å². The first kappa shape index (κ1) is 19.2. The number of nitrogens with one attached hydrogen (secondary N) is 1. The molecule has 1 amide bonds. The second-order valence-corrected chi connectivity index (χ2v) is 8.95. The van der Waals surface area contributed by atoms with Gasteiger partial charge in [0.05, 0.1) is 0 Å². The van der Waals surface area contributed by atoms with Gasteiger partial charge in [0.25, 0.3) is 10.0 Å². The number of carbonyl (C=O) groups excluding carboxylic acids is 1. The SMILES string of the molecule is CN(CCCC(=O)Nc1cccc(-c2nnco2)c1)S(=O)(=O)c1cccs1. The highest BCUT2D eigenvalue weighted by molar-refractivity contribution is 7.91. The van der Waals surface area contributed by atoms with Crippen LogP contribution in [0.3, 0.4) is 0 Å². The second kappa shape index (κ2) is 8.42. The summed E-state index contributed by atoms with van der Waals surface area (Å²) in [6.07, 6.45) is 1.85. The number of nitrogens with zero attached hydrogens (tertiary/aromatic N) is 3. The maximum absolute atomic E-state index is 12.3. The second-order valence-electron chi connectivity index (χ2n) is 5.74. The highest BCUT2D eigenvalue weighted by Crippen LogP contribution is 2.21. The quantitative estimate of drug-likeness (QED) is 0.617. The summed E-state index contributed by atoms with van der Waals surface area (Å²) in [5.74, 6) is 0.172. The average molecular weight is 406 g/mol. The van der Waals surface area contributed by atoms with Crippen molar-refractivity contribution in [3.63, 3.8) is 0 Å². The molecule has 0 radical (unpaired) electrons. The molecule has 27 heavy (non-hydrogen) atoms. The summed E-state index contributed by atoms with van der Waals surface area (Å²) in [5, 5.41) is 12.0. The molecular weight excluding hydrogens is 388 g/mol. The van der Waals surface area contributed by atoms with Gasteiger partial charge in [0.2, 0.25) is 18.2 Å². The molecule has 8 nitrogen and oxygen atoms in total. The fourth-order valence-corrected chi connectivity index (χ4v) is 4.81. The van der Waals surface area contributed by atoms with Gasteiger partial charge in [-0.25, -0.2) is 12.7 Å². The molecule has 0 atom stereocenters. The minimum absolute atomic E-state index is 0.195. The molecule has 10 heteroatoms. The predicted molar refractivity (Wildman–Crippen MR) is 102 cm³/mol. The Hall–Kier alpha value is -2.56. The minimum atomic E-state index is -3.49. The first-order valence-electron chi connectivity index (χ1n) is 8.13. The molecule has 0 bridgehead atoms. The van der Waals surface area contributed by atoms with E-state index in [9.17, 15) is 13.2 Å². The number of hydrogen-bond acceptors (Lipinski definition) is 7. The van der Waals surface area contributed by atoms with Crippen molar-refractivity contribution >= 4 is 33.0 Å². The lowest BCUT2D eigenvalue weighted by Gasteiger charge is -2.15. The fraction of sp³-hybridized carbons (Fsp3) is 0.235. The zero-order valence-electron chi connectivity index (χ0n) is 14.5. The van der Waals surface area contributed by atoms with Crippen LogP contribution in [0.1, 0.15) is 12.8 Å². The van der Waals surface area contributed by atoms with E-state index < -0.39 is 10.0 Å². The van der Waals surface area contributed by atoms with Gasteiger partial charge >= 0.3 is 0 Å². The third-order valence-electron chi connectivity index (χ3n) is 3.79. The molecule has 0 spiro atoms. The monoisotopic (exact) mass is 406 g/mol. The predicted octanol–water partition coefficient (Wildman–Crippen LogP) is 2.84. The molecule has 0 fully saturated rings. The van der Waals surface area contributed by atoms with Crippen LogP contribution in [-0.2, 0) is 14.8 Å². The third-order valence-corrected chi connectivity index (χ3v) is 7.02. The molecule has 0 aliphatic rings. The lowest BCUT2D eigenvalue weighted by atomic mass is 10.2. The zero-order valence-corrected chi connectivity index (χ0v) is 16.2. The minimum Gasteiger partial charge on any atom is -0.423 e. The summed E-state index contributed by atoms with van der Waals surface area (Å²) in [7, 11) is -1.97. The van der Waals surface area contributed by atoms with E-state index >= 15 is 0 Å². The van der Waals surface area contributed by atoms with Crippen molar-refractivity contribution in [2.75, 3.05) is 18.9 Å². The Kier molecular flexibility index (Phi) is 5.99. The van der Waals surface area contributed by atoms with Gasteiger partial charge in [-0.1, -0.05) is 12.1 Å². The van der Waals surface area contributed by atoms with Gasteiger partial charge in [0.15, 0.2) is 0 Å². The van der Waals surface area contributed by atoms with Crippen LogP contribution in [0, 0.1) is 0 Å². The first-order chi connectivity index (χ1) is 13.0. The highest BCUT2D eigenvalue weighted by Gasteiger charge is 2.21. The largest absolute Gasteiger partial charge is 0.423 e. The third kappa shape index (κ3) is 4.79. The molecular formula is C17H18N4O4S2. The van der Waals surface area contributed by atoms with Crippen molar-refractivity contribution < 1.29 is 17.6 Å². The van der Waals surface area contributed by atoms with E-state index in [1.54, 1.807) is 41.8 Å². The normalized spacial score (nSPS) is 11.6. The molecule has 3 aromatic rings. The smallest absolute Gasteiger partial charge is 0.252 e. The van der Waals surface area contributed by atoms with Gasteiger partial charge in [-0.15, -0.1) is 21.5 Å². The number of carbonyl (C=O) groups is 1. The van der Waals surface area contributed by atoms with E-state index in [1.807, 2.05) is 0 Å². The van der Waals surface area contributed by atoms with Crippen molar-refractivity contribution in [3.05, 3.63) is 48.2 Å². The lowest BCUT2D eigenvalue weighted by molar-refractivity contribution is -0.116. The number of amides is 1. The molecule has 0 unspecified atom stereocenters. The van der Waals surface area contributed by atoms with Crippen LogP contribution < -0.4 is 5.32 Å². The molecule has 1 aromatic carbocycles. The van der Waals surface area contributed by atoms with Gasteiger partial charge in [-0.05, 0) is 36.1 Å². The number of sulfonamides is 1. The molecule has 0 aliphatic carbocycles. The summed E-state index contributed by atoms with van der Waals surface area (Å²) < 4.78 is 31.4. The van der Waals surface area contributed by atoms with Crippen LogP contribution >= 0.6 is 11.3 Å². The molecule has 0 aliphatic heterocycles. The molecule has 142 valence electrons. The highest BCUT2D eigenvalue weighted by atomic mass is 32.2. The summed E-state index contributed by atoms with van der Waals surface area (Å²) in [6.45, 7) is 0.260. The Morgan fingerprint density at radius 1 is 1.30 bits per heavy atom. The standard InChI is InChI=1S/C17H18N4O4S2/c1-21(27(23,24)16-8-4-10-26-16)9-3-7-15(22)19-14-6-2-5-13(11-14)17-20-18-12-25-17/h2,4-6,8,10-12H,3,7,9H2,1H3,(H,19,22). The van der Waals surface area contributed by atoms with Crippen molar-refractivity contribution in [2.24, 2.45) is 0 Å². The Morgan fingerprint density at radius 2 is 2.15 bits per heavy atom. The molecule has 1 N–H and O–H groups in total. The van der Waals surface area contributed by atoms with Crippen LogP contribution in [0.15, 0.2) is 56.8 Å². The number of rotatable bonds is 8. The number of aromatic nitrogens is 2. The van der Waals surface area contributed by atoms with Crippen LogP contribution in [-0.4, -0.2) is 42.4 Å². The van der Waals surface area contributed by atoms with Gasteiger partial charge < -0.3 is 9.73 Å². The van der Waals surface area contributed by atoms with E-state index in [0.717, 1.165) is 0 Å². The van der Waals surface area contributed by atoms with Gasteiger partial charge in [-0.3, -0.25) is 4.79 Å². The molecule has 2 heterocycles. The summed E-state index contributed by atoms with van der Waals surface area (Å²) in [4.78, 5) is 12.1. The zero-order chi connectivity index (χ0) is 19.3. The topological polar surface area (TPSA) is 105 Å². The molecule has 3 rings (SSSR count). The van der Waals surface area contributed by atoms with Crippen molar-refractivity contribution in [2.45, 2.75) is 17.1 Å². The van der Waals surface area contributed by atoms with Crippen molar-refractivity contribution in [1.82, 2.24) is 14.5 Å². The van der Waals surface area contributed by atoms with E-state index in [4.69, 9.17) is 4.42 Å². The average Bonchev–Trinajstić information content (AvgIpc) is 3.35. The summed E-state index contributed by atoms with van der Waals surface area (Å²) >= 11 is 1.17. The Labute approximate surface area is 160 Å². The number of anilines is 1.